The van der Waals surface area contributed by atoms with E-state index in [4.69, 9.17) is 9.47 Å². The molecule has 2 aliphatic rings. The second-order valence-corrected chi connectivity index (χ2v) is 9.54. The molecule has 1 saturated carbocycles. The van der Waals surface area contributed by atoms with Crippen molar-refractivity contribution in [3.63, 3.8) is 0 Å². The Balaban J connectivity index is 1.46. The zero-order valence-electron chi connectivity index (χ0n) is 21.2. The Hall–Kier alpha value is -3.02. The maximum atomic E-state index is 13.1. The number of ether oxygens (including phenoxy) is 3. The van der Waals surface area contributed by atoms with Crippen molar-refractivity contribution in [3.05, 3.63) is 83.9 Å². The van der Waals surface area contributed by atoms with Gasteiger partial charge in [0.15, 0.2) is 0 Å². The van der Waals surface area contributed by atoms with Crippen molar-refractivity contribution in [1.29, 1.82) is 0 Å². The highest BCUT2D eigenvalue weighted by molar-refractivity contribution is 6.00. The molecule has 0 spiro atoms. The van der Waals surface area contributed by atoms with Crippen molar-refractivity contribution < 1.29 is 23.8 Å². The first-order valence-corrected chi connectivity index (χ1v) is 12.9. The van der Waals surface area contributed by atoms with Gasteiger partial charge in [0.25, 0.3) is 0 Å². The van der Waals surface area contributed by atoms with Gasteiger partial charge in [0, 0.05) is 31.0 Å². The largest absolute Gasteiger partial charge is 0.469 e. The molecule has 0 radical (unpaired) electrons. The summed E-state index contributed by atoms with van der Waals surface area (Å²) in [5.74, 6) is 0.0282. The van der Waals surface area contributed by atoms with Crippen LogP contribution in [0.2, 0.25) is 0 Å². The molecule has 0 N–H and O–H groups in total. The molecule has 2 aliphatic carbocycles. The number of fused-ring (bicyclic) bond motifs is 1. The molecule has 0 aromatic heterocycles. The molecule has 0 amide bonds. The third-order valence-electron chi connectivity index (χ3n) is 7.53. The van der Waals surface area contributed by atoms with Crippen molar-refractivity contribution in [3.8, 4) is 0 Å². The maximum absolute atomic E-state index is 13.1. The predicted molar refractivity (Wildman–Crippen MR) is 141 cm³/mol. The zero-order valence-corrected chi connectivity index (χ0v) is 21.2. The molecule has 4 rings (SSSR count). The molecule has 0 aliphatic heterocycles. The van der Waals surface area contributed by atoms with Crippen LogP contribution in [0.4, 0.5) is 0 Å². The second-order valence-electron chi connectivity index (χ2n) is 9.54. The lowest BCUT2D eigenvalue weighted by Gasteiger charge is -2.35. The van der Waals surface area contributed by atoms with Crippen LogP contribution in [0.25, 0.3) is 11.1 Å². The van der Waals surface area contributed by atoms with Crippen LogP contribution in [-0.2, 0) is 23.8 Å². The van der Waals surface area contributed by atoms with E-state index in [0.29, 0.717) is 38.6 Å². The number of hydrogen-bond donors (Lipinski definition) is 0. The van der Waals surface area contributed by atoms with E-state index in [0.717, 1.165) is 36.8 Å². The number of esters is 1. The minimum Gasteiger partial charge on any atom is -0.469 e. The Morgan fingerprint density at radius 2 is 1.64 bits per heavy atom. The Morgan fingerprint density at radius 1 is 0.972 bits per heavy atom. The van der Waals surface area contributed by atoms with Crippen LogP contribution in [0, 0.1) is 11.3 Å². The van der Waals surface area contributed by atoms with Gasteiger partial charge in [0.1, 0.15) is 5.78 Å². The second kappa shape index (κ2) is 12.3. The summed E-state index contributed by atoms with van der Waals surface area (Å²) in [5, 5.41) is 0. The van der Waals surface area contributed by atoms with Crippen LogP contribution in [0.1, 0.15) is 49.7 Å². The molecule has 2 aromatic rings. The number of benzene rings is 2. The molecule has 0 heterocycles. The number of rotatable bonds is 13. The van der Waals surface area contributed by atoms with E-state index in [-0.39, 0.29) is 23.7 Å². The third-order valence-corrected chi connectivity index (χ3v) is 7.53. The minimum absolute atomic E-state index is 0.0568. The summed E-state index contributed by atoms with van der Waals surface area (Å²) in [6, 6.07) is 20.8. The molecule has 5 heteroatoms. The van der Waals surface area contributed by atoms with Gasteiger partial charge in [0.2, 0.25) is 0 Å². The fraction of sp³-hybridized carbons (Fsp3) is 0.419. The van der Waals surface area contributed by atoms with Crippen LogP contribution in [0.5, 0.6) is 0 Å². The molecule has 2 unspecified atom stereocenters. The number of Topliss-reactive ketones (excluding diaryl/α,β-unsaturated/α-hetero) is 1. The first-order chi connectivity index (χ1) is 17.6. The summed E-state index contributed by atoms with van der Waals surface area (Å²) in [5.41, 5.74) is 5.57. The first kappa shape index (κ1) is 26.1. The highest BCUT2D eigenvalue weighted by atomic mass is 16.5. The van der Waals surface area contributed by atoms with Gasteiger partial charge in [-0.15, -0.1) is 0 Å². The van der Waals surface area contributed by atoms with Crippen molar-refractivity contribution in [2.45, 2.75) is 38.5 Å². The normalized spacial score (nSPS) is 21.0. The molecule has 5 nitrogen and oxygen atoms in total. The van der Waals surface area contributed by atoms with E-state index in [1.54, 1.807) is 0 Å². The van der Waals surface area contributed by atoms with Crippen molar-refractivity contribution >= 4 is 22.9 Å². The van der Waals surface area contributed by atoms with Crippen LogP contribution in [0.3, 0.4) is 0 Å². The maximum Gasteiger partial charge on any atom is 0.307 e. The van der Waals surface area contributed by atoms with E-state index in [9.17, 15) is 9.59 Å². The molecule has 0 bridgehead atoms. The Morgan fingerprint density at radius 3 is 2.33 bits per heavy atom. The van der Waals surface area contributed by atoms with E-state index in [1.807, 2.05) is 24.3 Å². The molecular weight excluding hydrogens is 452 g/mol. The third kappa shape index (κ3) is 5.53. The number of carbonyl (C=O) groups excluding carboxylic acids is 2. The van der Waals surface area contributed by atoms with E-state index in [2.05, 4.69) is 47.7 Å². The van der Waals surface area contributed by atoms with E-state index < -0.39 is 0 Å². The lowest BCUT2D eigenvalue weighted by atomic mass is 9.66. The van der Waals surface area contributed by atoms with Gasteiger partial charge < -0.3 is 14.2 Å². The average molecular weight is 489 g/mol. The SMILES string of the molecule is C=C(c1ccccc1)C12CCC(=O)C1CC(CCOCCCOCCC(=O)OC)=C2c1ccccc1. The van der Waals surface area contributed by atoms with Crippen LogP contribution < -0.4 is 0 Å². The van der Waals surface area contributed by atoms with Crippen LogP contribution in [-0.4, -0.2) is 45.3 Å². The summed E-state index contributed by atoms with van der Waals surface area (Å²) in [7, 11) is 1.38. The van der Waals surface area contributed by atoms with Gasteiger partial charge in [0.05, 0.1) is 26.7 Å². The summed E-state index contributed by atoms with van der Waals surface area (Å²) >= 11 is 0. The number of hydrogen-bond acceptors (Lipinski definition) is 5. The monoisotopic (exact) mass is 488 g/mol. The topological polar surface area (TPSA) is 61.8 Å². The Kier molecular flexibility index (Phi) is 8.89. The Bertz CT molecular complexity index is 1090. The van der Waals surface area contributed by atoms with Gasteiger partial charge in [-0.05, 0) is 48.0 Å². The summed E-state index contributed by atoms with van der Waals surface area (Å²) < 4.78 is 16.0. The highest BCUT2D eigenvalue weighted by Crippen LogP contribution is 2.64. The lowest BCUT2D eigenvalue weighted by Crippen LogP contribution is -2.27. The van der Waals surface area contributed by atoms with Crippen LogP contribution in [0.15, 0.2) is 72.8 Å². The molecule has 2 aromatic carbocycles. The fourth-order valence-corrected chi connectivity index (χ4v) is 5.82. The minimum atomic E-state index is -0.359. The predicted octanol–water partition coefficient (Wildman–Crippen LogP) is 5.90. The summed E-state index contributed by atoms with van der Waals surface area (Å²) in [4.78, 5) is 24.3. The van der Waals surface area contributed by atoms with Crippen molar-refractivity contribution in [2.75, 3.05) is 33.5 Å². The fourth-order valence-electron chi connectivity index (χ4n) is 5.82. The number of carbonyl (C=O) groups is 2. The highest BCUT2D eigenvalue weighted by Gasteiger charge is 2.56. The van der Waals surface area contributed by atoms with Crippen molar-refractivity contribution in [1.82, 2.24) is 0 Å². The molecular formula is C31H36O5. The first-order valence-electron chi connectivity index (χ1n) is 12.9. The lowest BCUT2D eigenvalue weighted by molar-refractivity contribution is -0.141. The van der Waals surface area contributed by atoms with Gasteiger partial charge in [-0.3, -0.25) is 9.59 Å². The molecule has 1 fully saturated rings. The van der Waals surface area contributed by atoms with Crippen LogP contribution >= 0.6 is 0 Å². The summed E-state index contributed by atoms with van der Waals surface area (Å²) in [6.07, 6.45) is 4.01. The van der Waals surface area contributed by atoms with Gasteiger partial charge >= 0.3 is 5.97 Å². The molecule has 2 atom stereocenters. The quantitative estimate of drug-likeness (QED) is 0.260. The van der Waals surface area contributed by atoms with Gasteiger partial charge in [-0.1, -0.05) is 72.8 Å². The standard InChI is InChI=1S/C31H36O5/c1-23(24-10-5-3-6-11-24)31-17-14-28(32)27(31)22-26(30(31)25-12-7-4-8-13-25)15-20-35-18-9-19-36-21-16-29(33)34-2/h3-8,10-13,27H,1,9,14-22H2,2H3. The number of ketones is 1. The van der Waals surface area contributed by atoms with Gasteiger partial charge in [-0.25, -0.2) is 0 Å². The Labute approximate surface area is 214 Å². The molecule has 0 saturated heterocycles. The van der Waals surface area contributed by atoms with E-state index >= 15 is 0 Å². The molecule has 36 heavy (non-hydrogen) atoms. The van der Waals surface area contributed by atoms with E-state index in [1.165, 1.54) is 23.8 Å². The zero-order chi connectivity index (χ0) is 25.4. The number of allylic oxidation sites excluding steroid dienone is 2. The summed E-state index contributed by atoms with van der Waals surface area (Å²) in [6.45, 7) is 6.69. The average Bonchev–Trinajstić information content (AvgIpc) is 3.42. The van der Waals surface area contributed by atoms with Crippen molar-refractivity contribution in [2.24, 2.45) is 11.3 Å². The smallest absolute Gasteiger partial charge is 0.307 e. The van der Waals surface area contributed by atoms with Gasteiger partial charge in [-0.2, -0.15) is 0 Å². The molecule has 190 valence electrons. The number of methoxy groups -OCH3 is 1.